The Hall–Kier alpha value is -2.19. The summed E-state index contributed by atoms with van der Waals surface area (Å²) in [5.74, 6) is -0.294. The van der Waals surface area contributed by atoms with E-state index < -0.39 is 6.61 Å². The van der Waals surface area contributed by atoms with Crippen molar-refractivity contribution in [2.24, 2.45) is 0 Å². The fourth-order valence-electron chi connectivity index (χ4n) is 1.78. The maximum absolute atomic E-state index is 11.4. The first-order valence-electron chi connectivity index (χ1n) is 5.77. The van der Waals surface area contributed by atoms with E-state index in [0.29, 0.717) is 0 Å². The zero-order valence-corrected chi connectivity index (χ0v) is 9.91. The molecule has 0 spiro atoms. The Morgan fingerprint density at radius 2 is 1.33 bits per heavy atom. The molecule has 0 saturated carbocycles. The van der Waals surface area contributed by atoms with Crippen molar-refractivity contribution in [2.45, 2.75) is 0 Å². The van der Waals surface area contributed by atoms with Gasteiger partial charge in [-0.15, -0.1) is 0 Å². The molecule has 0 atom stereocenters. The fraction of sp³-hybridized carbons (Fsp3) is 0.0625. The second-order valence-electron chi connectivity index (χ2n) is 3.91. The van der Waals surface area contributed by atoms with Gasteiger partial charge in [0.2, 0.25) is 0 Å². The van der Waals surface area contributed by atoms with Crippen molar-refractivity contribution in [3.8, 4) is 0 Å². The van der Waals surface area contributed by atoms with Crippen LogP contribution in [0, 0.1) is 0 Å². The second-order valence-corrected chi connectivity index (χ2v) is 3.91. The Morgan fingerprint density at radius 3 is 1.72 bits per heavy atom. The summed E-state index contributed by atoms with van der Waals surface area (Å²) < 4.78 is 0. The third-order valence-corrected chi connectivity index (χ3v) is 2.63. The molecular formula is C16H14O2. The Kier molecular flexibility index (Phi) is 4.05. The van der Waals surface area contributed by atoms with E-state index >= 15 is 0 Å². The maximum Gasteiger partial charge on any atom is 0.181 e. The van der Waals surface area contributed by atoms with Crippen LogP contribution in [0.2, 0.25) is 0 Å². The van der Waals surface area contributed by atoms with Crippen molar-refractivity contribution < 1.29 is 9.90 Å². The lowest BCUT2D eigenvalue weighted by molar-refractivity contribution is -0.117. The van der Waals surface area contributed by atoms with Crippen LogP contribution in [0.25, 0.3) is 5.57 Å². The third-order valence-electron chi connectivity index (χ3n) is 2.63. The number of aliphatic hydroxyl groups is 1. The van der Waals surface area contributed by atoms with Gasteiger partial charge in [-0.1, -0.05) is 60.7 Å². The van der Waals surface area contributed by atoms with Crippen molar-refractivity contribution in [3.63, 3.8) is 0 Å². The van der Waals surface area contributed by atoms with E-state index in [1.807, 2.05) is 60.7 Å². The quantitative estimate of drug-likeness (QED) is 0.831. The highest BCUT2D eigenvalue weighted by atomic mass is 16.3. The van der Waals surface area contributed by atoms with Crippen LogP contribution < -0.4 is 0 Å². The molecule has 0 saturated heterocycles. The number of hydrogen-bond donors (Lipinski definition) is 1. The molecule has 0 unspecified atom stereocenters. The summed E-state index contributed by atoms with van der Waals surface area (Å²) in [6.45, 7) is -0.469. The van der Waals surface area contributed by atoms with Gasteiger partial charge in [-0.05, 0) is 22.8 Å². The third kappa shape index (κ3) is 2.93. The number of ketones is 1. The zero-order valence-electron chi connectivity index (χ0n) is 9.91. The van der Waals surface area contributed by atoms with Gasteiger partial charge in [0.05, 0.1) is 0 Å². The van der Waals surface area contributed by atoms with Gasteiger partial charge in [0.1, 0.15) is 6.61 Å². The van der Waals surface area contributed by atoms with Crippen LogP contribution in [-0.4, -0.2) is 17.5 Å². The fourth-order valence-corrected chi connectivity index (χ4v) is 1.78. The SMILES string of the molecule is O=C(C=C(c1ccccc1)c1ccccc1)CO. The predicted octanol–water partition coefficient (Wildman–Crippen LogP) is 2.68. The molecule has 2 heteroatoms. The van der Waals surface area contributed by atoms with Gasteiger partial charge in [-0.2, -0.15) is 0 Å². The maximum atomic E-state index is 11.4. The van der Waals surface area contributed by atoms with Crippen LogP contribution in [0.1, 0.15) is 11.1 Å². The number of hydrogen-bond acceptors (Lipinski definition) is 2. The first kappa shape index (κ1) is 12.3. The molecule has 0 heterocycles. The van der Waals surface area contributed by atoms with E-state index in [4.69, 9.17) is 5.11 Å². The number of benzene rings is 2. The molecule has 0 aromatic heterocycles. The Bertz CT molecular complexity index is 500. The summed E-state index contributed by atoms with van der Waals surface area (Å²) in [6.07, 6.45) is 1.49. The van der Waals surface area contributed by atoms with Crippen molar-refractivity contribution in [1.29, 1.82) is 0 Å². The highest BCUT2D eigenvalue weighted by molar-refractivity contribution is 6.00. The topological polar surface area (TPSA) is 37.3 Å². The monoisotopic (exact) mass is 238 g/mol. The van der Waals surface area contributed by atoms with Crippen LogP contribution in [-0.2, 0) is 4.79 Å². The van der Waals surface area contributed by atoms with Crippen molar-refractivity contribution in [3.05, 3.63) is 77.9 Å². The highest BCUT2D eigenvalue weighted by Gasteiger charge is 2.06. The molecular weight excluding hydrogens is 224 g/mol. The lowest BCUT2D eigenvalue weighted by atomic mass is 9.97. The summed E-state index contributed by atoms with van der Waals surface area (Å²) in [4.78, 5) is 11.4. The molecule has 0 amide bonds. The normalized spacial score (nSPS) is 9.83. The van der Waals surface area contributed by atoms with E-state index in [2.05, 4.69) is 0 Å². The average molecular weight is 238 g/mol. The van der Waals surface area contributed by atoms with Gasteiger partial charge in [0.25, 0.3) is 0 Å². The molecule has 2 nitrogen and oxygen atoms in total. The van der Waals surface area contributed by atoms with E-state index in [0.717, 1.165) is 16.7 Å². The Morgan fingerprint density at radius 1 is 0.889 bits per heavy atom. The first-order chi connectivity index (χ1) is 8.81. The van der Waals surface area contributed by atoms with E-state index in [9.17, 15) is 4.79 Å². The van der Waals surface area contributed by atoms with E-state index in [1.165, 1.54) is 6.08 Å². The van der Waals surface area contributed by atoms with E-state index in [1.54, 1.807) is 0 Å². The van der Waals surface area contributed by atoms with Gasteiger partial charge in [-0.25, -0.2) is 0 Å². The number of rotatable bonds is 4. The largest absolute Gasteiger partial charge is 0.388 e. The van der Waals surface area contributed by atoms with Crippen molar-refractivity contribution >= 4 is 11.4 Å². The molecule has 18 heavy (non-hydrogen) atoms. The molecule has 2 aromatic carbocycles. The summed E-state index contributed by atoms with van der Waals surface area (Å²) in [7, 11) is 0. The van der Waals surface area contributed by atoms with Gasteiger partial charge in [0, 0.05) is 0 Å². The molecule has 0 bridgehead atoms. The molecule has 0 aliphatic carbocycles. The van der Waals surface area contributed by atoms with Gasteiger partial charge < -0.3 is 5.11 Å². The summed E-state index contributed by atoms with van der Waals surface area (Å²) in [5, 5.41) is 8.88. The van der Waals surface area contributed by atoms with Crippen LogP contribution in [0.4, 0.5) is 0 Å². The molecule has 1 N–H and O–H groups in total. The molecule has 0 aliphatic heterocycles. The van der Waals surface area contributed by atoms with E-state index in [-0.39, 0.29) is 5.78 Å². The van der Waals surface area contributed by atoms with Crippen LogP contribution in [0.3, 0.4) is 0 Å². The Labute approximate surface area is 106 Å². The smallest absolute Gasteiger partial charge is 0.181 e. The summed E-state index contributed by atoms with van der Waals surface area (Å²) in [6, 6.07) is 19.4. The average Bonchev–Trinajstić information content (AvgIpc) is 2.46. The Balaban J connectivity index is 2.49. The minimum Gasteiger partial charge on any atom is -0.388 e. The number of carbonyl (C=O) groups excluding carboxylic acids is 1. The lowest BCUT2D eigenvalue weighted by Crippen LogP contribution is -2.01. The number of carbonyl (C=O) groups is 1. The molecule has 2 rings (SSSR count). The van der Waals surface area contributed by atoms with Gasteiger partial charge in [0.15, 0.2) is 5.78 Å². The van der Waals surface area contributed by atoms with Gasteiger partial charge in [-0.3, -0.25) is 4.79 Å². The van der Waals surface area contributed by atoms with Crippen molar-refractivity contribution in [2.75, 3.05) is 6.61 Å². The van der Waals surface area contributed by atoms with Crippen molar-refractivity contribution in [1.82, 2.24) is 0 Å². The molecule has 0 fully saturated rings. The summed E-state index contributed by atoms with van der Waals surface area (Å²) in [5.41, 5.74) is 2.76. The zero-order chi connectivity index (χ0) is 12.8. The van der Waals surface area contributed by atoms with Crippen LogP contribution in [0.15, 0.2) is 66.7 Å². The molecule has 2 aromatic rings. The lowest BCUT2D eigenvalue weighted by Gasteiger charge is -2.07. The summed E-state index contributed by atoms with van der Waals surface area (Å²) >= 11 is 0. The molecule has 0 radical (unpaired) electrons. The predicted molar refractivity (Wildman–Crippen MR) is 72.1 cm³/mol. The molecule has 90 valence electrons. The van der Waals surface area contributed by atoms with Gasteiger partial charge >= 0.3 is 0 Å². The first-order valence-corrected chi connectivity index (χ1v) is 5.77. The van der Waals surface area contributed by atoms with Crippen LogP contribution in [0.5, 0.6) is 0 Å². The minimum atomic E-state index is -0.469. The second kappa shape index (κ2) is 5.94. The number of aliphatic hydroxyl groups excluding tert-OH is 1. The minimum absolute atomic E-state index is 0.294. The standard InChI is InChI=1S/C16H14O2/c17-12-15(18)11-16(13-7-3-1-4-8-13)14-9-5-2-6-10-14/h1-11,17H,12H2. The van der Waals surface area contributed by atoms with Crippen LogP contribution >= 0.6 is 0 Å². The molecule has 0 aliphatic rings. The highest BCUT2D eigenvalue weighted by Crippen LogP contribution is 2.22.